The molecule has 1 aromatic rings. The Morgan fingerprint density at radius 1 is 1.05 bits per heavy atom. The van der Waals surface area contributed by atoms with Gasteiger partial charge in [-0.2, -0.15) is 0 Å². The second-order valence-corrected chi connectivity index (χ2v) is 6.14. The fourth-order valence-corrected chi connectivity index (χ4v) is 1.98. The van der Waals surface area contributed by atoms with Gasteiger partial charge < -0.3 is 5.32 Å². The molecular formula is C17H27NO. The van der Waals surface area contributed by atoms with Crippen LogP contribution in [0.25, 0.3) is 0 Å². The number of carbonyl (C=O) groups is 1. The summed E-state index contributed by atoms with van der Waals surface area (Å²) in [4.78, 5) is 11.9. The Bertz CT molecular complexity index is 387. The van der Waals surface area contributed by atoms with Crippen LogP contribution in [0.15, 0.2) is 24.3 Å². The third-order valence-corrected chi connectivity index (χ3v) is 3.33. The van der Waals surface area contributed by atoms with E-state index in [1.807, 2.05) is 24.3 Å². The molecule has 0 bridgehead atoms. The largest absolute Gasteiger partial charge is 0.352 e. The number of unbranched alkanes of at least 4 members (excludes halogenated alkanes) is 3. The fraction of sp³-hybridized carbons (Fsp3) is 0.588. The van der Waals surface area contributed by atoms with E-state index in [4.69, 9.17) is 0 Å². The Labute approximate surface area is 117 Å². The number of rotatable bonds is 6. The summed E-state index contributed by atoms with van der Waals surface area (Å²) in [6.07, 6.45) is 4.73. The van der Waals surface area contributed by atoms with Crippen LogP contribution in [-0.4, -0.2) is 12.5 Å². The second kappa shape index (κ2) is 7.32. The molecule has 0 aliphatic rings. The zero-order valence-electron chi connectivity index (χ0n) is 12.8. The van der Waals surface area contributed by atoms with Gasteiger partial charge in [0.15, 0.2) is 0 Å². The minimum Gasteiger partial charge on any atom is -0.352 e. The van der Waals surface area contributed by atoms with E-state index in [1.165, 1.54) is 24.8 Å². The molecule has 0 atom stereocenters. The van der Waals surface area contributed by atoms with Crippen molar-refractivity contribution in [3.8, 4) is 0 Å². The highest BCUT2D eigenvalue weighted by atomic mass is 16.1. The first kappa shape index (κ1) is 15.7. The average Bonchev–Trinajstić information content (AvgIpc) is 2.37. The maximum Gasteiger partial charge on any atom is 0.251 e. The Morgan fingerprint density at radius 2 is 1.68 bits per heavy atom. The van der Waals surface area contributed by atoms with Gasteiger partial charge in [0.05, 0.1) is 0 Å². The first-order valence-electron chi connectivity index (χ1n) is 7.34. The molecule has 0 saturated heterocycles. The van der Waals surface area contributed by atoms with Crippen LogP contribution < -0.4 is 5.32 Å². The lowest BCUT2D eigenvalue weighted by Gasteiger charge is -2.19. The van der Waals surface area contributed by atoms with Gasteiger partial charge in [-0.05, 0) is 29.5 Å². The number of hydrogen-bond acceptors (Lipinski definition) is 1. The molecule has 106 valence electrons. The minimum atomic E-state index is 0.0388. The van der Waals surface area contributed by atoms with Gasteiger partial charge in [-0.3, -0.25) is 4.79 Å². The van der Waals surface area contributed by atoms with Crippen LogP contribution in [-0.2, 0) is 5.41 Å². The van der Waals surface area contributed by atoms with Crippen molar-refractivity contribution in [1.29, 1.82) is 0 Å². The number of hydrogen-bond donors (Lipinski definition) is 1. The quantitative estimate of drug-likeness (QED) is 0.760. The van der Waals surface area contributed by atoms with Crippen molar-refractivity contribution < 1.29 is 4.79 Å². The molecule has 2 nitrogen and oxygen atoms in total. The second-order valence-electron chi connectivity index (χ2n) is 6.14. The summed E-state index contributed by atoms with van der Waals surface area (Å²) in [7, 11) is 0. The zero-order chi connectivity index (χ0) is 14.3. The highest BCUT2D eigenvalue weighted by Crippen LogP contribution is 2.22. The maximum atomic E-state index is 11.9. The standard InChI is InChI=1S/C17H27NO/c1-5-6-7-8-13-18-16(19)14-9-11-15(12-10-14)17(2,3)4/h9-12H,5-8,13H2,1-4H3,(H,18,19). The molecule has 0 aliphatic carbocycles. The van der Waals surface area contributed by atoms with Crippen LogP contribution in [0, 0.1) is 0 Å². The summed E-state index contributed by atoms with van der Waals surface area (Å²) >= 11 is 0. The van der Waals surface area contributed by atoms with Crippen molar-refractivity contribution in [2.45, 2.75) is 58.8 Å². The van der Waals surface area contributed by atoms with E-state index < -0.39 is 0 Å². The molecule has 0 unspecified atom stereocenters. The molecule has 0 aliphatic heterocycles. The molecule has 2 heteroatoms. The normalized spacial score (nSPS) is 11.4. The van der Waals surface area contributed by atoms with E-state index >= 15 is 0 Å². The van der Waals surface area contributed by atoms with Gasteiger partial charge in [0.2, 0.25) is 0 Å². The summed E-state index contributed by atoms with van der Waals surface area (Å²) < 4.78 is 0. The fourth-order valence-electron chi connectivity index (χ4n) is 1.98. The molecule has 0 radical (unpaired) electrons. The molecule has 0 fully saturated rings. The molecule has 0 saturated carbocycles. The lowest BCUT2D eigenvalue weighted by Crippen LogP contribution is -2.24. The van der Waals surface area contributed by atoms with Crippen molar-refractivity contribution in [2.24, 2.45) is 0 Å². The highest BCUT2D eigenvalue weighted by molar-refractivity contribution is 5.94. The van der Waals surface area contributed by atoms with Gasteiger partial charge in [-0.15, -0.1) is 0 Å². The minimum absolute atomic E-state index is 0.0388. The molecule has 0 heterocycles. The third kappa shape index (κ3) is 5.46. The summed E-state index contributed by atoms with van der Waals surface area (Å²) in [6.45, 7) is 9.50. The van der Waals surface area contributed by atoms with Gasteiger partial charge in [0, 0.05) is 12.1 Å². The van der Waals surface area contributed by atoms with Crippen molar-refractivity contribution in [3.05, 3.63) is 35.4 Å². The average molecular weight is 261 g/mol. The number of amides is 1. The summed E-state index contributed by atoms with van der Waals surface area (Å²) in [6, 6.07) is 7.93. The van der Waals surface area contributed by atoms with Crippen molar-refractivity contribution in [1.82, 2.24) is 5.32 Å². The van der Waals surface area contributed by atoms with Crippen LogP contribution in [0.4, 0.5) is 0 Å². The van der Waals surface area contributed by atoms with Crippen molar-refractivity contribution >= 4 is 5.91 Å². The molecule has 1 amide bonds. The van der Waals surface area contributed by atoms with Crippen LogP contribution in [0.3, 0.4) is 0 Å². The topological polar surface area (TPSA) is 29.1 Å². The Balaban J connectivity index is 2.45. The van der Waals surface area contributed by atoms with E-state index in [2.05, 4.69) is 33.0 Å². The van der Waals surface area contributed by atoms with Crippen LogP contribution in [0.2, 0.25) is 0 Å². The van der Waals surface area contributed by atoms with Gasteiger partial charge in [0.1, 0.15) is 0 Å². The summed E-state index contributed by atoms with van der Waals surface area (Å²) in [5.41, 5.74) is 2.14. The first-order valence-corrected chi connectivity index (χ1v) is 7.34. The zero-order valence-corrected chi connectivity index (χ0v) is 12.8. The van der Waals surface area contributed by atoms with E-state index in [9.17, 15) is 4.79 Å². The smallest absolute Gasteiger partial charge is 0.251 e. The van der Waals surface area contributed by atoms with Gasteiger partial charge in [0.25, 0.3) is 5.91 Å². The van der Waals surface area contributed by atoms with E-state index in [-0.39, 0.29) is 11.3 Å². The van der Waals surface area contributed by atoms with Crippen molar-refractivity contribution in [3.63, 3.8) is 0 Å². The van der Waals surface area contributed by atoms with E-state index in [0.717, 1.165) is 18.5 Å². The molecule has 1 rings (SSSR count). The van der Waals surface area contributed by atoms with E-state index in [0.29, 0.717) is 0 Å². The van der Waals surface area contributed by atoms with Crippen LogP contribution in [0.5, 0.6) is 0 Å². The lowest BCUT2D eigenvalue weighted by molar-refractivity contribution is 0.0953. The number of carbonyl (C=O) groups excluding carboxylic acids is 1. The van der Waals surface area contributed by atoms with Gasteiger partial charge >= 0.3 is 0 Å². The predicted octanol–water partition coefficient (Wildman–Crippen LogP) is 4.29. The summed E-state index contributed by atoms with van der Waals surface area (Å²) in [5, 5.41) is 2.98. The maximum absolute atomic E-state index is 11.9. The highest BCUT2D eigenvalue weighted by Gasteiger charge is 2.13. The molecule has 0 spiro atoms. The Kier molecular flexibility index (Phi) is 6.07. The first-order chi connectivity index (χ1) is 8.95. The van der Waals surface area contributed by atoms with Gasteiger partial charge in [-0.1, -0.05) is 59.1 Å². The Morgan fingerprint density at radius 3 is 2.21 bits per heavy atom. The molecule has 19 heavy (non-hydrogen) atoms. The molecular weight excluding hydrogens is 234 g/mol. The van der Waals surface area contributed by atoms with Crippen LogP contribution in [0.1, 0.15) is 69.3 Å². The summed E-state index contributed by atoms with van der Waals surface area (Å²) in [5.74, 6) is 0.0388. The molecule has 0 aromatic heterocycles. The number of nitrogens with one attached hydrogen (secondary N) is 1. The Hall–Kier alpha value is -1.31. The monoisotopic (exact) mass is 261 g/mol. The molecule has 1 aromatic carbocycles. The van der Waals surface area contributed by atoms with Gasteiger partial charge in [-0.25, -0.2) is 0 Å². The predicted molar refractivity (Wildman–Crippen MR) is 81.6 cm³/mol. The number of benzene rings is 1. The van der Waals surface area contributed by atoms with Crippen molar-refractivity contribution in [2.75, 3.05) is 6.54 Å². The van der Waals surface area contributed by atoms with E-state index in [1.54, 1.807) is 0 Å². The SMILES string of the molecule is CCCCCCNC(=O)c1ccc(C(C)(C)C)cc1. The molecule has 1 N–H and O–H groups in total. The van der Waals surface area contributed by atoms with Crippen LogP contribution >= 0.6 is 0 Å². The lowest BCUT2D eigenvalue weighted by atomic mass is 9.87. The third-order valence-electron chi connectivity index (χ3n) is 3.33.